The predicted octanol–water partition coefficient (Wildman–Crippen LogP) is 4.13. The Labute approximate surface area is 127 Å². The number of carbonyl (C=O) groups is 1. The zero-order valence-corrected chi connectivity index (χ0v) is 12.8. The summed E-state index contributed by atoms with van der Waals surface area (Å²) in [4.78, 5) is 13.0. The molecule has 2 rings (SSSR count). The molecule has 1 aromatic rings. The third kappa shape index (κ3) is 3.05. The number of carboxylic acid groups (broad SMARTS) is 1. The van der Waals surface area contributed by atoms with Crippen LogP contribution in [0.1, 0.15) is 44.2 Å². The zero-order valence-electron chi connectivity index (χ0n) is 12.8. The molecule has 0 amide bonds. The maximum absolute atomic E-state index is 13.3. The number of anilines is 1. The first kappa shape index (κ1) is 16.6. The number of nitrogens with zero attached hydrogens (tertiary/aromatic N) is 1. The number of rotatable bonds is 4. The average molecular weight is 315 g/mol. The minimum atomic E-state index is -4.43. The van der Waals surface area contributed by atoms with Crippen molar-refractivity contribution in [1.82, 2.24) is 0 Å². The number of benzene rings is 1. The Morgan fingerprint density at radius 1 is 1.36 bits per heavy atom. The van der Waals surface area contributed by atoms with E-state index in [-0.39, 0.29) is 18.0 Å². The van der Waals surface area contributed by atoms with Crippen molar-refractivity contribution in [2.75, 3.05) is 11.4 Å². The van der Waals surface area contributed by atoms with E-state index < -0.39 is 29.5 Å². The summed E-state index contributed by atoms with van der Waals surface area (Å²) in [6, 6.07) is 4.25. The lowest BCUT2D eigenvalue weighted by molar-refractivity contribution is -0.141. The molecule has 2 atom stereocenters. The van der Waals surface area contributed by atoms with E-state index in [0.29, 0.717) is 12.2 Å². The van der Waals surface area contributed by atoms with E-state index in [9.17, 15) is 18.0 Å². The Morgan fingerprint density at radius 2 is 2.00 bits per heavy atom. The van der Waals surface area contributed by atoms with Gasteiger partial charge < -0.3 is 10.0 Å². The van der Waals surface area contributed by atoms with Gasteiger partial charge in [0.1, 0.15) is 0 Å². The summed E-state index contributed by atoms with van der Waals surface area (Å²) in [6.07, 6.45) is -4.22. The van der Waals surface area contributed by atoms with E-state index in [1.54, 1.807) is 6.07 Å². The maximum Gasteiger partial charge on any atom is 0.416 e. The fraction of sp³-hybridized carbons (Fsp3) is 0.562. The molecule has 0 fully saturated rings. The summed E-state index contributed by atoms with van der Waals surface area (Å²) >= 11 is 0. The monoisotopic (exact) mass is 315 g/mol. The van der Waals surface area contributed by atoms with Crippen LogP contribution in [0.15, 0.2) is 18.2 Å². The standard InChI is InChI=1S/C16H20F3NO2/c1-9(2)20-8-11(7-10(3)15(21)22)14-12(16(17,18)19)5-4-6-13(14)20/h4-6,9-11H,7-8H2,1-3H3,(H,21,22). The highest BCUT2D eigenvalue weighted by atomic mass is 19.4. The molecule has 1 aliphatic rings. The van der Waals surface area contributed by atoms with Gasteiger partial charge in [0.05, 0.1) is 11.5 Å². The van der Waals surface area contributed by atoms with Gasteiger partial charge in [0, 0.05) is 24.2 Å². The van der Waals surface area contributed by atoms with Crippen LogP contribution in [0.5, 0.6) is 0 Å². The third-order valence-corrected chi connectivity index (χ3v) is 4.21. The van der Waals surface area contributed by atoms with Crippen molar-refractivity contribution < 1.29 is 23.1 Å². The molecule has 0 saturated carbocycles. The van der Waals surface area contributed by atoms with Gasteiger partial charge in [-0.3, -0.25) is 4.79 Å². The van der Waals surface area contributed by atoms with E-state index >= 15 is 0 Å². The number of carboxylic acids is 1. The molecule has 0 radical (unpaired) electrons. The van der Waals surface area contributed by atoms with Crippen LogP contribution in [0.4, 0.5) is 18.9 Å². The molecule has 0 bridgehead atoms. The SMILES string of the molecule is CC(CC1CN(C(C)C)c2cccc(C(F)(F)F)c21)C(=O)O. The number of halogens is 3. The molecule has 122 valence electrons. The van der Waals surface area contributed by atoms with Gasteiger partial charge in [-0.05, 0) is 38.0 Å². The first-order valence-corrected chi connectivity index (χ1v) is 7.32. The molecule has 1 aromatic carbocycles. The predicted molar refractivity (Wildman–Crippen MR) is 78.1 cm³/mol. The summed E-state index contributed by atoms with van der Waals surface area (Å²) in [5, 5.41) is 9.06. The number of hydrogen-bond acceptors (Lipinski definition) is 2. The first-order valence-electron chi connectivity index (χ1n) is 7.32. The lowest BCUT2D eigenvalue weighted by atomic mass is 9.88. The number of aliphatic carboxylic acids is 1. The van der Waals surface area contributed by atoms with Gasteiger partial charge >= 0.3 is 12.1 Å². The average Bonchev–Trinajstić information content (AvgIpc) is 2.76. The number of alkyl halides is 3. The normalized spacial score (nSPS) is 19.4. The topological polar surface area (TPSA) is 40.5 Å². The summed E-state index contributed by atoms with van der Waals surface area (Å²) < 4.78 is 39.9. The highest BCUT2D eigenvalue weighted by Gasteiger charge is 2.41. The maximum atomic E-state index is 13.3. The molecule has 1 N–H and O–H groups in total. The molecule has 1 heterocycles. The second kappa shape index (κ2) is 5.82. The summed E-state index contributed by atoms with van der Waals surface area (Å²) in [6.45, 7) is 5.81. The first-order chi connectivity index (χ1) is 10.1. The molecule has 3 nitrogen and oxygen atoms in total. The summed E-state index contributed by atoms with van der Waals surface area (Å²) in [5.74, 6) is -2.07. The second-order valence-electron chi connectivity index (χ2n) is 6.15. The minimum Gasteiger partial charge on any atom is -0.481 e. The Balaban J connectivity index is 2.48. The van der Waals surface area contributed by atoms with Crippen LogP contribution in [0.25, 0.3) is 0 Å². The van der Waals surface area contributed by atoms with Crippen LogP contribution in [-0.4, -0.2) is 23.7 Å². The van der Waals surface area contributed by atoms with Gasteiger partial charge in [-0.25, -0.2) is 0 Å². The van der Waals surface area contributed by atoms with Crippen molar-refractivity contribution in [3.05, 3.63) is 29.3 Å². The van der Waals surface area contributed by atoms with Crippen LogP contribution in [0.2, 0.25) is 0 Å². The van der Waals surface area contributed by atoms with Crippen LogP contribution in [0.3, 0.4) is 0 Å². The minimum absolute atomic E-state index is 0.0624. The Morgan fingerprint density at radius 3 is 2.50 bits per heavy atom. The zero-order chi connectivity index (χ0) is 16.7. The van der Waals surface area contributed by atoms with E-state index in [1.807, 2.05) is 18.7 Å². The molecule has 1 aliphatic heterocycles. The molecule has 0 aromatic heterocycles. The quantitative estimate of drug-likeness (QED) is 0.908. The van der Waals surface area contributed by atoms with Crippen molar-refractivity contribution in [2.45, 2.75) is 45.3 Å². The van der Waals surface area contributed by atoms with Crippen molar-refractivity contribution in [3.63, 3.8) is 0 Å². The van der Waals surface area contributed by atoms with Crippen molar-refractivity contribution in [1.29, 1.82) is 0 Å². The van der Waals surface area contributed by atoms with Crippen LogP contribution in [-0.2, 0) is 11.0 Å². The fourth-order valence-corrected chi connectivity index (χ4v) is 3.12. The van der Waals surface area contributed by atoms with Gasteiger partial charge in [-0.2, -0.15) is 13.2 Å². The Kier molecular flexibility index (Phi) is 4.40. The smallest absolute Gasteiger partial charge is 0.416 e. The van der Waals surface area contributed by atoms with Crippen molar-refractivity contribution in [3.8, 4) is 0 Å². The molecular weight excluding hydrogens is 295 g/mol. The third-order valence-electron chi connectivity index (χ3n) is 4.21. The second-order valence-corrected chi connectivity index (χ2v) is 6.15. The highest BCUT2D eigenvalue weighted by Crippen LogP contribution is 2.47. The molecule has 6 heteroatoms. The molecule has 0 saturated heterocycles. The Hall–Kier alpha value is -1.72. The van der Waals surface area contributed by atoms with Crippen molar-refractivity contribution in [2.24, 2.45) is 5.92 Å². The van der Waals surface area contributed by atoms with E-state index in [0.717, 1.165) is 6.07 Å². The summed E-state index contributed by atoms with van der Waals surface area (Å²) in [5.41, 5.74) is 0.181. The largest absolute Gasteiger partial charge is 0.481 e. The number of hydrogen-bond donors (Lipinski definition) is 1. The van der Waals surface area contributed by atoms with E-state index in [4.69, 9.17) is 5.11 Å². The van der Waals surface area contributed by atoms with Crippen LogP contribution >= 0.6 is 0 Å². The van der Waals surface area contributed by atoms with Gasteiger partial charge in [0.2, 0.25) is 0 Å². The van der Waals surface area contributed by atoms with Gasteiger partial charge in [0.25, 0.3) is 0 Å². The van der Waals surface area contributed by atoms with Gasteiger partial charge in [0.15, 0.2) is 0 Å². The molecule has 22 heavy (non-hydrogen) atoms. The van der Waals surface area contributed by atoms with E-state index in [2.05, 4.69) is 0 Å². The van der Waals surface area contributed by atoms with Gasteiger partial charge in [-0.1, -0.05) is 13.0 Å². The fourth-order valence-electron chi connectivity index (χ4n) is 3.12. The Bertz CT molecular complexity index is 569. The molecule has 2 unspecified atom stereocenters. The van der Waals surface area contributed by atoms with Crippen LogP contribution in [0, 0.1) is 5.92 Å². The van der Waals surface area contributed by atoms with Crippen LogP contribution < -0.4 is 4.90 Å². The molecule has 0 spiro atoms. The number of fused-ring (bicyclic) bond motifs is 1. The highest BCUT2D eigenvalue weighted by molar-refractivity contribution is 5.70. The lowest BCUT2D eigenvalue weighted by Gasteiger charge is -2.24. The lowest BCUT2D eigenvalue weighted by Crippen LogP contribution is -2.30. The molecular formula is C16H20F3NO2. The summed E-state index contributed by atoms with van der Waals surface area (Å²) in [7, 11) is 0. The molecule has 0 aliphatic carbocycles. The van der Waals surface area contributed by atoms with E-state index in [1.165, 1.54) is 13.0 Å². The van der Waals surface area contributed by atoms with Gasteiger partial charge in [-0.15, -0.1) is 0 Å². The van der Waals surface area contributed by atoms with Crippen molar-refractivity contribution >= 4 is 11.7 Å².